The van der Waals surface area contributed by atoms with Crippen molar-refractivity contribution < 1.29 is 9.53 Å². The molecule has 0 atom stereocenters. The minimum Gasteiger partial charge on any atom is -0.410 e. The summed E-state index contributed by atoms with van der Waals surface area (Å²) in [5.41, 5.74) is 4.77. The Hall–Kier alpha value is -2.82. The quantitative estimate of drug-likeness (QED) is 0.323. The van der Waals surface area contributed by atoms with E-state index in [1.807, 2.05) is 53.4 Å². The van der Waals surface area contributed by atoms with E-state index in [1.165, 1.54) is 49.9 Å². The molecular weight excluding hydrogens is 456 g/mol. The molecule has 0 bridgehead atoms. The van der Waals surface area contributed by atoms with Gasteiger partial charge in [0.2, 0.25) is 0 Å². The normalized spacial score (nSPS) is 15.8. The highest BCUT2D eigenvalue weighted by molar-refractivity contribution is 6.30. The van der Waals surface area contributed by atoms with Crippen LogP contribution in [0.5, 0.6) is 5.75 Å². The van der Waals surface area contributed by atoms with E-state index in [2.05, 4.69) is 29.2 Å². The number of halogens is 1. The molecule has 1 heterocycles. The molecule has 35 heavy (non-hydrogen) atoms. The Balaban J connectivity index is 1.16. The Morgan fingerprint density at radius 2 is 1.46 bits per heavy atom. The summed E-state index contributed by atoms with van der Waals surface area (Å²) in [5, 5.41) is 0.716. The van der Waals surface area contributed by atoms with Crippen LogP contribution >= 0.6 is 11.6 Å². The molecule has 0 aromatic heterocycles. The van der Waals surface area contributed by atoms with E-state index in [4.69, 9.17) is 16.3 Å². The number of rotatable bonds is 9. The van der Waals surface area contributed by atoms with Crippen molar-refractivity contribution in [2.45, 2.75) is 38.6 Å². The molecule has 182 valence electrons. The maximum Gasteiger partial charge on any atom is 0.415 e. The standard InChI is InChI=1S/C30H33ClN2O2/c31-28-13-9-26(10-14-28)27-11-15-29(16-12-27)35-30(34)33(22-25-7-8-25)20-17-23-3-5-24(6-4-23)21-32-18-1-2-19-32/h3-6,9-16,25H,1-2,7-8,17-22H2. The number of amides is 1. The van der Waals surface area contributed by atoms with Crippen LogP contribution in [0.25, 0.3) is 11.1 Å². The molecule has 0 unspecified atom stereocenters. The molecule has 0 radical (unpaired) electrons. The van der Waals surface area contributed by atoms with Crippen molar-refractivity contribution in [3.05, 3.63) is 88.9 Å². The van der Waals surface area contributed by atoms with E-state index >= 15 is 0 Å². The number of hydrogen-bond donors (Lipinski definition) is 0. The number of carbonyl (C=O) groups is 1. The van der Waals surface area contributed by atoms with Gasteiger partial charge in [-0.05, 0) is 97.6 Å². The lowest BCUT2D eigenvalue weighted by atomic mass is 10.1. The van der Waals surface area contributed by atoms with Gasteiger partial charge in [-0.3, -0.25) is 4.90 Å². The monoisotopic (exact) mass is 488 g/mol. The van der Waals surface area contributed by atoms with Crippen LogP contribution in [0.3, 0.4) is 0 Å². The number of likely N-dealkylation sites (tertiary alicyclic amines) is 1. The van der Waals surface area contributed by atoms with Crippen molar-refractivity contribution in [1.29, 1.82) is 0 Å². The summed E-state index contributed by atoms with van der Waals surface area (Å²) < 4.78 is 5.76. The zero-order valence-electron chi connectivity index (χ0n) is 20.2. The van der Waals surface area contributed by atoms with E-state index in [0.717, 1.165) is 30.6 Å². The molecule has 3 aromatic rings. The fourth-order valence-electron chi connectivity index (χ4n) is 4.67. The van der Waals surface area contributed by atoms with Crippen LogP contribution in [-0.2, 0) is 13.0 Å². The summed E-state index contributed by atoms with van der Waals surface area (Å²) >= 11 is 5.99. The minimum absolute atomic E-state index is 0.262. The van der Waals surface area contributed by atoms with Crippen LogP contribution in [0.15, 0.2) is 72.8 Å². The largest absolute Gasteiger partial charge is 0.415 e. The summed E-state index contributed by atoms with van der Waals surface area (Å²) in [6.45, 7) is 4.91. The van der Waals surface area contributed by atoms with Gasteiger partial charge < -0.3 is 9.64 Å². The third kappa shape index (κ3) is 6.87. The van der Waals surface area contributed by atoms with Crippen molar-refractivity contribution in [1.82, 2.24) is 9.80 Å². The number of nitrogens with zero attached hydrogens (tertiary/aromatic N) is 2. The third-order valence-corrected chi connectivity index (χ3v) is 7.22. The number of benzene rings is 3. The molecule has 5 rings (SSSR count). The maximum atomic E-state index is 13.0. The summed E-state index contributed by atoms with van der Waals surface area (Å²) in [6.07, 6.45) is 5.60. The van der Waals surface area contributed by atoms with Crippen molar-refractivity contribution in [2.24, 2.45) is 5.92 Å². The molecule has 2 fully saturated rings. The Morgan fingerprint density at radius 1 is 0.857 bits per heavy atom. The van der Waals surface area contributed by atoms with Gasteiger partial charge >= 0.3 is 6.09 Å². The molecule has 0 N–H and O–H groups in total. The lowest BCUT2D eigenvalue weighted by molar-refractivity contribution is 0.150. The SMILES string of the molecule is O=C(Oc1ccc(-c2ccc(Cl)cc2)cc1)N(CCc1ccc(CN2CCCC2)cc1)CC1CC1. The molecule has 1 amide bonds. The van der Waals surface area contributed by atoms with Crippen LogP contribution in [0.4, 0.5) is 4.79 Å². The van der Waals surface area contributed by atoms with Gasteiger partial charge in [-0.1, -0.05) is 60.1 Å². The van der Waals surface area contributed by atoms with E-state index < -0.39 is 0 Å². The first kappa shape index (κ1) is 23.9. The highest BCUT2D eigenvalue weighted by atomic mass is 35.5. The minimum atomic E-state index is -0.262. The van der Waals surface area contributed by atoms with Crippen molar-refractivity contribution in [3.8, 4) is 16.9 Å². The first-order valence-corrected chi connectivity index (χ1v) is 13.1. The molecule has 4 nitrogen and oxygen atoms in total. The molecule has 0 spiro atoms. The zero-order valence-corrected chi connectivity index (χ0v) is 20.9. The van der Waals surface area contributed by atoms with Crippen molar-refractivity contribution in [3.63, 3.8) is 0 Å². The molecule has 5 heteroatoms. The first-order valence-electron chi connectivity index (χ1n) is 12.8. The Labute approximate surface area is 213 Å². The summed E-state index contributed by atoms with van der Waals surface area (Å²) in [5.74, 6) is 1.18. The molecular formula is C30H33ClN2O2. The fourth-order valence-corrected chi connectivity index (χ4v) is 4.79. The molecule has 1 aliphatic heterocycles. The second kappa shape index (κ2) is 11.3. The van der Waals surface area contributed by atoms with Gasteiger partial charge in [-0.2, -0.15) is 0 Å². The van der Waals surface area contributed by atoms with Crippen LogP contribution < -0.4 is 4.74 Å². The lowest BCUT2D eigenvalue weighted by Crippen LogP contribution is -2.36. The topological polar surface area (TPSA) is 32.8 Å². The third-order valence-electron chi connectivity index (χ3n) is 6.97. The van der Waals surface area contributed by atoms with E-state index in [0.29, 0.717) is 23.2 Å². The molecule has 1 saturated carbocycles. The van der Waals surface area contributed by atoms with Gasteiger partial charge in [-0.15, -0.1) is 0 Å². The van der Waals surface area contributed by atoms with Gasteiger partial charge in [0, 0.05) is 24.7 Å². The molecule has 1 saturated heterocycles. The maximum absolute atomic E-state index is 13.0. The van der Waals surface area contributed by atoms with Gasteiger partial charge in [0.15, 0.2) is 0 Å². The summed E-state index contributed by atoms with van der Waals surface area (Å²) in [6, 6.07) is 24.3. The fraction of sp³-hybridized carbons (Fsp3) is 0.367. The van der Waals surface area contributed by atoms with E-state index in [-0.39, 0.29) is 6.09 Å². The number of carbonyl (C=O) groups excluding carboxylic acids is 1. The van der Waals surface area contributed by atoms with Crippen molar-refractivity contribution >= 4 is 17.7 Å². The number of hydrogen-bond acceptors (Lipinski definition) is 3. The smallest absolute Gasteiger partial charge is 0.410 e. The van der Waals surface area contributed by atoms with Crippen LogP contribution in [0, 0.1) is 5.92 Å². The summed E-state index contributed by atoms with van der Waals surface area (Å²) in [7, 11) is 0. The average molecular weight is 489 g/mol. The Morgan fingerprint density at radius 3 is 2.09 bits per heavy atom. The van der Waals surface area contributed by atoms with Crippen LogP contribution in [0.1, 0.15) is 36.8 Å². The predicted octanol–water partition coefficient (Wildman–Crippen LogP) is 7.06. The second-order valence-corrected chi connectivity index (χ2v) is 10.3. The number of ether oxygens (including phenoxy) is 1. The predicted molar refractivity (Wildman–Crippen MR) is 142 cm³/mol. The Kier molecular flexibility index (Phi) is 7.70. The summed E-state index contributed by atoms with van der Waals surface area (Å²) in [4.78, 5) is 17.4. The van der Waals surface area contributed by atoms with Gasteiger partial charge in [-0.25, -0.2) is 4.79 Å². The van der Waals surface area contributed by atoms with Gasteiger partial charge in [0.25, 0.3) is 0 Å². The Bertz CT molecular complexity index is 1100. The van der Waals surface area contributed by atoms with E-state index in [9.17, 15) is 4.79 Å². The highest BCUT2D eigenvalue weighted by Gasteiger charge is 2.27. The van der Waals surface area contributed by atoms with Crippen molar-refractivity contribution in [2.75, 3.05) is 26.2 Å². The van der Waals surface area contributed by atoms with Gasteiger partial charge in [0.05, 0.1) is 0 Å². The van der Waals surface area contributed by atoms with Gasteiger partial charge in [0.1, 0.15) is 5.75 Å². The average Bonchev–Trinajstić information content (AvgIpc) is 3.56. The van der Waals surface area contributed by atoms with E-state index in [1.54, 1.807) is 0 Å². The molecule has 3 aromatic carbocycles. The lowest BCUT2D eigenvalue weighted by Gasteiger charge is -2.22. The zero-order chi connectivity index (χ0) is 24.0. The van der Waals surface area contributed by atoms with Crippen LogP contribution in [0.2, 0.25) is 5.02 Å². The second-order valence-electron chi connectivity index (χ2n) is 9.84. The van der Waals surface area contributed by atoms with Crippen LogP contribution in [-0.4, -0.2) is 42.1 Å². The molecule has 1 aliphatic carbocycles. The molecule has 2 aliphatic rings. The highest BCUT2D eigenvalue weighted by Crippen LogP contribution is 2.30. The first-order chi connectivity index (χ1) is 17.1.